The minimum atomic E-state index is -0.476. The molecule has 0 aliphatic carbocycles. The topological polar surface area (TPSA) is 130 Å². The minimum absolute atomic E-state index is 0.0368. The highest BCUT2D eigenvalue weighted by atomic mass is 16.6. The molecule has 2 aromatic heterocycles. The number of benzene rings is 2. The van der Waals surface area contributed by atoms with Crippen molar-refractivity contribution < 1.29 is 4.92 Å². The van der Waals surface area contributed by atoms with Gasteiger partial charge in [-0.1, -0.05) is 30.3 Å². The number of H-pyrrole nitrogens is 2. The monoisotopic (exact) mass is 348 g/mol. The van der Waals surface area contributed by atoms with Crippen LogP contribution in [0.3, 0.4) is 0 Å². The first-order chi connectivity index (χ1) is 12.6. The third-order valence-corrected chi connectivity index (χ3v) is 3.72. The Kier molecular flexibility index (Phi) is 3.66. The van der Waals surface area contributed by atoms with E-state index in [1.54, 1.807) is 6.07 Å². The minimum Gasteiger partial charge on any atom is -0.324 e. The Balaban J connectivity index is 1.69. The van der Waals surface area contributed by atoms with Gasteiger partial charge in [0, 0.05) is 23.8 Å². The largest absolute Gasteiger partial charge is 0.324 e. The van der Waals surface area contributed by atoms with E-state index >= 15 is 0 Å². The first-order valence-corrected chi connectivity index (χ1v) is 7.66. The van der Waals surface area contributed by atoms with Crippen molar-refractivity contribution in [3.05, 3.63) is 75.1 Å². The van der Waals surface area contributed by atoms with E-state index in [0.29, 0.717) is 22.7 Å². The quantitative estimate of drug-likeness (QED) is 0.384. The number of rotatable bonds is 4. The Morgan fingerprint density at radius 2 is 1.73 bits per heavy atom. The molecule has 0 radical (unpaired) electrons. The SMILES string of the molecule is O=c1cc(-c2ccccc2)nc(Nc2nc3ccc([N+](=O)[O-])cc3[nH]2)[nH]1. The Morgan fingerprint density at radius 3 is 2.50 bits per heavy atom. The number of hydrogen-bond acceptors (Lipinski definition) is 6. The molecule has 4 rings (SSSR count). The predicted molar refractivity (Wildman–Crippen MR) is 96.3 cm³/mol. The van der Waals surface area contributed by atoms with Gasteiger partial charge in [-0.05, 0) is 6.07 Å². The van der Waals surface area contributed by atoms with Gasteiger partial charge in [-0.25, -0.2) is 9.97 Å². The van der Waals surface area contributed by atoms with E-state index in [9.17, 15) is 14.9 Å². The molecule has 9 heteroatoms. The van der Waals surface area contributed by atoms with Crippen molar-refractivity contribution >= 4 is 28.6 Å². The highest BCUT2D eigenvalue weighted by Gasteiger charge is 2.11. The molecular weight excluding hydrogens is 336 g/mol. The summed E-state index contributed by atoms with van der Waals surface area (Å²) in [5.74, 6) is 0.527. The molecule has 0 spiro atoms. The van der Waals surface area contributed by atoms with Gasteiger partial charge in [0.25, 0.3) is 11.2 Å². The molecule has 4 aromatic rings. The maximum atomic E-state index is 11.9. The van der Waals surface area contributed by atoms with Crippen LogP contribution in [0.15, 0.2) is 59.4 Å². The van der Waals surface area contributed by atoms with Gasteiger partial charge in [-0.2, -0.15) is 0 Å². The third kappa shape index (κ3) is 3.00. The van der Waals surface area contributed by atoms with E-state index in [-0.39, 0.29) is 17.2 Å². The number of non-ortho nitro benzene ring substituents is 1. The van der Waals surface area contributed by atoms with Crippen molar-refractivity contribution in [2.24, 2.45) is 0 Å². The Labute approximate surface area is 145 Å². The first-order valence-electron chi connectivity index (χ1n) is 7.66. The molecular formula is C17H12N6O3. The molecule has 0 aliphatic heterocycles. The summed E-state index contributed by atoms with van der Waals surface area (Å²) >= 11 is 0. The van der Waals surface area contributed by atoms with Crippen LogP contribution >= 0.6 is 0 Å². The number of hydrogen-bond donors (Lipinski definition) is 3. The van der Waals surface area contributed by atoms with Crippen LogP contribution in [0.1, 0.15) is 0 Å². The van der Waals surface area contributed by atoms with Crippen LogP contribution in [0.2, 0.25) is 0 Å². The average molecular weight is 348 g/mol. The van der Waals surface area contributed by atoms with E-state index in [0.717, 1.165) is 5.56 Å². The van der Waals surface area contributed by atoms with Crippen LogP contribution in [-0.4, -0.2) is 24.9 Å². The highest BCUT2D eigenvalue weighted by Crippen LogP contribution is 2.22. The van der Waals surface area contributed by atoms with Crippen molar-refractivity contribution in [2.75, 3.05) is 5.32 Å². The van der Waals surface area contributed by atoms with Gasteiger partial charge in [0.1, 0.15) is 0 Å². The highest BCUT2D eigenvalue weighted by molar-refractivity contribution is 5.80. The number of aromatic nitrogens is 4. The van der Waals surface area contributed by atoms with Gasteiger partial charge < -0.3 is 4.98 Å². The Hall–Kier alpha value is -4.01. The molecule has 128 valence electrons. The number of nitrogens with one attached hydrogen (secondary N) is 3. The molecule has 0 saturated heterocycles. The number of aromatic amines is 2. The van der Waals surface area contributed by atoms with Crippen molar-refractivity contribution in [3.63, 3.8) is 0 Å². The van der Waals surface area contributed by atoms with Crippen LogP contribution in [0.25, 0.3) is 22.3 Å². The first kappa shape index (κ1) is 15.5. The summed E-state index contributed by atoms with van der Waals surface area (Å²) in [6, 6.07) is 15.0. The van der Waals surface area contributed by atoms with Crippen LogP contribution in [0, 0.1) is 10.1 Å². The Morgan fingerprint density at radius 1 is 0.962 bits per heavy atom. The molecule has 0 unspecified atom stereocenters. The molecule has 0 fully saturated rings. The lowest BCUT2D eigenvalue weighted by Crippen LogP contribution is -2.10. The summed E-state index contributed by atoms with van der Waals surface area (Å²) in [6.45, 7) is 0. The second kappa shape index (κ2) is 6.13. The second-order valence-electron chi connectivity index (χ2n) is 5.51. The van der Waals surface area contributed by atoms with Gasteiger partial charge in [-0.15, -0.1) is 0 Å². The van der Waals surface area contributed by atoms with Gasteiger partial charge in [0.2, 0.25) is 11.9 Å². The fourth-order valence-electron chi connectivity index (χ4n) is 2.56. The lowest BCUT2D eigenvalue weighted by Gasteiger charge is -2.04. The molecule has 0 aliphatic rings. The average Bonchev–Trinajstić information content (AvgIpc) is 3.03. The number of fused-ring (bicyclic) bond motifs is 1. The maximum absolute atomic E-state index is 11.9. The molecule has 3 N–H and O–H groups in total. The standard InChI is InChI=1S/C17H12N6O3/c24-15-9-13(10-4-2-1-3-5-10)19-17(21-15)22-16-18-12-7-6-11(23(25)26)8-14(12)20-16/h1-9H,(H3,18,19,20,21,22,24). The van der Waals surface area contributed by atoms with E-state index in [1.165, 1.54) is 18.2 Å². The molecule has 0 atom stereocenters. The molecule has 2 aromatic carbocycles. The molecule has 26 heavy (non-hydrogen) atoms. The summed E-state index contributed by atoms with van der Waals surface area (Å²) in [5, 5.41) is 13.7. The summed E-state index contributed by atoms with van der Waals surface area (Å²) < 4.78 is 0. The molecule has 2 heterocycles. The third-order valence-electron chi connectivity index (χ3n) is 3.72. The molecule has 0 amide bonds. The van der Waals surface area contributed by atoms with Crippen molar-refractivity contribution in [1.29, 1.82) is 0 Å². The zero-order valence-corrected chi connectivity index (χ0v) is 13.3. The van der Waals surface area contributed by atoms with E-state index in [4.69, 9.17) is 0 Å². The number of anilines is 2. The summed E-state index contributed by atoms with van der Waals surface area (Å²) in [5.41, 5.74) is 2.03. The van der Waals surface area contributed by atoms with Crippen LogP contribution in [-0.2, 0) is 0 Å². The normalized spacial score (nSPS) is 10.8. The van der Waals surface area contributed by atoms with Crippen molar-refractivity contribution in [2.45, 2.75) is 0 Å². The fourth-order valence-corrected chi connectivity index (χ4v) is 2.56. The fraction of sp³-hybridized carbons (Fsp3) is 0. The summed E-state index contributed by atoms with van der Waals surface area (Å²) in [6.07, 6.45) is 0. The van der Waals surface area contributed by atoms with Gasteiger partial charge in [0.15, 0.2) is 0 Å². The summed E-state index contributed by atoms with van der Waals surface area (Å²) in [7, 11) is 0. The summed E-state index contributed by atoms with van der Waals surface area (Å²) in [4.78, 5) is 36.5. The Bertz CT molecular complexity index is 1170. The molecule has 9 nitrogen and oxygen atoms in total. The zero-order valence-electron chi connectivity index (χ0n) is 13.3. The van der Waals surface area contributed by atoms with Crippen molar-refractivity contribution in [3.8, 4) is 11.3 Å². The van der Waals surface area contributed by atoms with Gasteiger partial charge in [-0.3, -0.25) is 25.2 Å². The second-order valence-corrected chi connectivity index (χ2v) is 5.51. The number of nitro groups is 1. The van der Waals surface area contributed by atoms with E-state index < -0.39 is 4.92 Å². The van der Waals surface area contributed by atoms with Crippen molar-refractivity contribution in [1.82, 2.24) is 19.9 Å². The predicted octanol–water partition coefficient (Wildman–Crippen LogP) is 2.96. The van der Waals surface area contributed by atoms with Crippen LogP contribution < -0.4 is 10.9 Å². The molecule has 0 bridgehead atoms. The van der Waals surface area contributed by atoms with E-state index in [2.05, 4.69) is 25.3 Å². The number of imidazole rings is 1. The van der Waals surface area contributed by atoms with Gasteiger partial charge >= 0.3 is 0 Å². The smallest absolute Gasteiger partial charge is 0.271 e. The van der Waals surface area contributed by atoms with Gasteiger partial charge in [0.05, 0.1) is 21.7 Å². The maximum Gasteiger partial charge on any atom is 0.271 e. The van der Waals surface area contributed by atoms with Crippen LogP contribution in [0.5, 0.6) is 0 Å². The lowest BCUT2D eigenvalue weighted by molar-refractivity contribution is -0.384. The number of nitrogens with zero attached hydrogens (tertiary/aromatic N) is 3. The molecule has 0 saturated carbocycles. The van der Waals surface area contributed by atoms with E-state index in [1.807, 2.05) is 30.3 Å². The van der Waals surface area contributed by atoms with Crippen LogP contribution in [0.4, 0.5) is 17.6 Å². The zero-order chi connectivity index (χ0) is 18.1. The number of nitro benzene ring substituents is 1. The lowest BCUT2D eigenvalue weighted by atomic mass is 10.1.